The molecule has 1 unspecified atom stereocenters. The largest absolute Gasteiger partial charge is 2.00 e. The van der Waals surface area contributed by atoms with E-state index in [1.165, 1.54) is 64.2 Å². The monoisotopic (exact) mass is 554 g/mol. The molecule has 0 bridgehead atoms. The third-order valence-corrected chi connectivity index (χ3v) is 15.4. The zero-order chi connectivity index (χ0) is 24.8. The fourth-order valence-electron chi connectivity index (χ4n) is 7.05. The minimum absolute atomic E-state index is 0. The van der Waals surface area contributed by atoms with Gasteiger partial charge < -0.3 is 0 Å². The van der Waals surface area contributed by atoms with Crippen LogP contribution in [-0.2, 0) is 17.1 Å². The Balaban J connectivity index is 0.000000640. The van der Waals surface area contributed by atoms with Gasteiger partial charge in [-0.2, -0.15) is 0 Å². The summed E-state index contributed by atoms with van der Waals surface area (Å²) in [5.74, 6) is 1.75. The Morgan fingerprint density at radius 1 is 0.629 bits per heavy atom. The van der Waals surface area contributed by atoms with Crippen LogP contribution in [0.3, 0.4) is 0 Å². The van der Waals surface area contributed by atoms with Crippen molar-refractivity contribution in [3.05, 3.63) is 62.9 Å². The summed E-state index contributed by atoms with van der Waals surface area (Å²) >= 11 is 0. The Morgan fingerprint density at radius 2 is 1.03 bits per heavy atom. The van der Waals surface area contributed by atoms with E-state index in [4.69, 9.17) is 0 Å². The second-order valence-corrected chi connectivity index (χ2v) is 19.7. The van der Waals surface area contributed by atoms with E-state index in [9.17, 15) is 0 Å². The molecule has 4 aliphatic rings. The minimum Gasteiger partial charge on any atom is -0.0921 e. The van der Waals surface area contributed by atoms with E-state index in [1.54, 1.807) is 5.92 Å². The molecule has 10 radical (unpaired) electrons. The molecule has 0 spiro atoms. The van der Waals surface area contributed by atoms with E-state index >= 15 is 0 Å². The van der Waals surface area contributed by atoms with Gasteiger partial charge >= 0.3 is 17.1 Å². The van der Waals surface area contributed by atoms with Gasteiger partial charge in [-0.15, -0.1) is 0 Å². The van der Waals surface area contributed by atoms with E-state index < -0.39 is 0 Å². The van der Waals surface area contributed by atoms with Gasteiger partial charge in [0, 0.05) is 5.66 Å². The predicted molar refractivity (Wildman–Crippen MR) is 157 cm³/mol. The molecule has 4 saturated carbocycles. The fourth-order valence-corrected chi connectivity index (χ4v) is 16.0. The van der Waals surface area contributed by atoms with Crippen molar-refractivity contribution < 1.29 is 17.1 Å². The maximum Gasteiger partial charge on any atom is 2.00 e. The Labute approximate surface area is 235 Å². The first kappa shape index (κ1) is 32.6. The van der Waals surface area contributed by atoms with Gasteiger partial charge in [0.05, 0.1) is 0 Å². The summed E-state index contributed by atoms with van der Waals surface area (Å²) in [5, 5.41) is 0.778. The van der Waals surface area contributed by atoms with Gasteiger partial charge in [0.2, 0.25) is 0 Å². The van der Waals surface area contributed by atoms with Crippen LogP contribution in [-0.4, -0.2) is 27.3 Å². The number of hydrogen-bond acceptors (Lipinski definition) is 0. The van der Waals surface area contributed by atoms with Crippen molar-refractivity contribution in [2.75, 3.05) is 0 Å². The van der Waals surface area contributed by atoms with Crippen molar-refractivity contribution in [2.45, 2.75) is 140 Å². The Bertz CT molecular complexity index is 521. The summed E-state index contributed by atoms with van der Waals surface area (Å²) in [4.78, 5) is 0. The maximum atomic E-state index is 2.58. The molecule has 0 aromatic carbocycles. The van der Waals surface area contributed by atoms with Crippen molar-refractivity contribution in [3.63, 3.8) is 0 Å². The quantitative estimate of drug-likeness (QED) is 0.234. The zero-order valence-electron chi connectivity index (χ0n) is 23.7. The second-order valence-electron chi connectivity index (χ2n) is 12.7. The molecule has 0 nitrogen and oxygen atoms in total. The molecule has 0 aromatic heterocycles. The van der Waals surface area contributed by atoms with E-state index in [2.05, 4.69) is 67.7 Å². The minimum atomic E-state index is -0.120. The van der Waals surface area contributed by atoms with Crippen molar-refractivity contribution in [1.82, 2.24) is 0 Å². The van der Waals surface area contributed by atoms with Crippen LogP contribution in [0.4, 0.5) is 0 Å². The Hall–Kier alpha value is 1.38. The van der Waals surface area contributed by atoms with Gasteiger partial charge in [0.25, 0.3) is 0 Å². The van der Waals surface area contributed by atoms with Crippen LogP contribution in [0, 0.1) is 62.9 Å². The molecule has 0 heterocycles. The van der Waals surface area contributed by atoms with Gasteiger partial charge in [-0.25, -0.2) is 0 Å². The molecule has 0 aliphatic heterocycles. The molecule has 35 heavy (non-hydrogen) atoms. The van der Waals surface area contributed by atoms with Crippen molar-refractivity contribution >= 4 is 15.8 Å². The normalized spacial score (nSPS) is 24.9. The summed E-state index contributed by atoms with van der Waals surface area (Å²) < 4.78 is 0. The average Bonchev–Trinajstić information content (AvgIpc) is 3.49. The summed E-state index contributed by atoms with van der Waals surface area (Å²) in [6, 6.07) is 0. The van der Waals surface area contributed by atoms with Crippen LogP contribution in [0.1, 0.15) is 113 Å². The third-order valence-electron chi connectivity index (χ3n) is 7.88. The van der Waals surface area contributed by atoms with Crippen molar-refractivity contribution in [3.8, 4) is 0 Å². The third kappa shape index (κ3) is 9.51. The molecule has 4 fully saturated rings. The molecule has 3 heteroatoms. The van der Waals surface area contributed by atoms with Crippen LogP contribution >= 0.6 is 15.8 Å². The van der Waals surface area contributed by atoms with Crippen LogP contribution in [0.2, 0.25) is 0 Å². The van der Waals surface area contributed by atoms with E-state index in [1.807, 2.05) is 37.8 Å². The standard InChI is InChI=1S/C27H47P2.C5H5.Fe/c1-21(29(26(2,3)4)27(5,6)7)24-19-14-20-25(24)28(22-15-10-8-11-16-22)23-17-12-9-13-18-23;1-2-4-5-3-1;/h14,19-23H,8-13,15-18H2,1-7H3;1-5H;/q;;+2. The first-order valence-electron chi connectivity index (χ1n) is 14.1. The van der Waals surface area contributed by atoms with E-state index in [-0.39, 0.29) is 32.9 Å². The second kappa shape index (κ2) is 15.2. The Kier molecular flexibility index (Phi) is 14.2. The van der Waals surface area contributed by atoms with Crippen LogP contribution in [0.5, 0.6) is 0 Å². The molecule has 0 amide bonds. The smallest absolute Gasteiger partial charge is 0.0921 e. The molecule has 0 saturated heterocycles. The van der Waals surface area contributed by atoms with Gasteiger partial charge in [0.1, 0.15) is 0 Å². The molecule has 0 N–H and O–H groups in total. The van der Waals surface area contributed by atoms with Crippen molar-refractivity contribution in [2.24, 2.45) is 0 Å². The van der Waals surface area contributed by atoms with Gasteiger partial charge in [-0.05, 0) is 110 Å². The first-order valence-corrected chi connectivity index (χ1v) is 17.0. The average molecular weight is 555 g/mol. The molecule has 0 aromatic rings. The van der Waals surface area contributed by atoms with Crippen LogP contribution in [0.25, 0.3) is 0 Å². The molecule has 4 rings (SSSR count). The first-order chi connectivity index (χ1) is 16.1. The number of hydrogen-bond donors (Lipinski definition) is 0. The van der Waals surface area contributed by atoms with Gasteiger partial charge in [-0.1, -0.05) is 103 Å². The SMILES string of the molecule is CC([C]1[CH][CH][CH][C]1P(C1CCCCC1)C1CCCCC1)P(C(C)(C)C)C(C)(C)C.[CH]1[CH][CH][CH][CH]1.[Fe+2]. The molecule has 196 valence electrons. The zero-order valence-corrected chi connectivity index (χ0v) is 26.6. The summed E-state index contributed by atoms with van der Waals surface area (Å²) in [6.45, 7) is 17.5. The number of rotatable bonds is 5. The van der Waals surface area contributed by atoms with Crippen molar-refractivity contribution in [1.29, 1.82) is 0 Å². The topological polar surface area (TPSA) is 0 Å². The van der Waals surface area contributed by atoms with Gasteiger partial charge in [0.15, 0.2) is 0 Å². The van der Waals surface area contributed by atoms with Gasteiger partial charge in [-0.3, -0.25) is 0 Å². The molecular formula is C32H52FeP2+2. The fraction of sp³-hybridized carbons (Fsp3) is 0.688. The summed E-state index contributed by atoms with van der Waals surface area (Å²) in [7, 11) is -0.114. The van der Waals surface area contributed by atoms with E-state index in [0.29, 0.717) is 16.0 Å². The Morgan fingerprint density at radius 3 is 1.40 bits per heavy atom. The predicted octanol–water partition coefficient (Wildman–Crippen LogP) is 10.4. The van der Waals surface area contributed by atoms with Crippen LogP contribution in [0.15, 0.2) is 0 Å². The molecule has 4 aliphatic carbocycles. The maximum absolute atomic E-state index is 2.58. The van der Waals surface area contributed by atoms with E-state index in [0.717, 1.165) is 11.3 Å². The summed E-state index contributed by atoms with van der Waals surface area (Å²) in [6.07, 6.45) is 32.5. The molecule has 1 atom stereocenters. The molecular weight excluding hydrogens is 502 g/mol. The summed E-state index contributed by atoms with van der Waals surface area (Å²) in [5.41, 5.74) is 4.55. The van der Waals surface area contributed by atoms with Crippen LogP contribution < -0.4 is 0 Å².